The molecule has 3 rings (SSSR count). The summed E-state index contributed by atoms with van der Waals surface area (Å²) >= 11 is 0. The Morgan fingerprint density at radius 1 is 1.17 bits per heavy atom. The van der Waals surface area contributed by atoms with Gasteiger partial charge in [-0.25, -0.2) is 4.79 Å². The number of nitrogens with one attached hydrogen (secondary N) is 2. The van der Waals surface area contributed by atoms with Gasteiger partial charge < -0.3 is 20.3 Å². The lowest BCUT2D eigenvalue weighted by molar-refractivity contribution is 0.0509. The van der Waals surface area contributed by atoms with Gasteiger partial charge >= 0.3 is 6.03 Å². The van der Waals surface area contributed by atoms with Crippen LogP contribution in [-0.4, -0.2) is 80.4 Å². The predicted molar refractivity (Wildman–Crippen MR) is 95.2 cm³/mol. The van der Waals surface area contributed by atoms with E-state index in [0.717, 1.165) is 32.5 Å². The van der Waals surface area contributed by atoms with Gasteiger partial charge in [0.15, 0.2) is 0 Å². The number of amides is 2. The summed E-state index contributed by atoms with van der Waals surface area (Å²) in [6, 6.07) is 2.36. The Morgan fingerprint density at radius 2 is 1.88 bits per heavy atom. The van der Waals surface area contributed by atoms with Gasteiger partial charge in [-0.1, -0.05) is 6.42 Å². The molecule has 6 nitrogen and oxygen atoms in total. The van der Waals surface area contributed by atoms with E-state index in [1.54, 1.807) is 7.11 Å². The lowest BCUT2D eigenvalue weighted by Gasteiger charge is -2.47. The molecular formula is C18H34N4O2. The molecule has 2 unspecified atom stereocenters. The summed E-state index contributed by atoms with van der Waals surface area (Å²) in [5.41, 5.74) is 0. The largest absolute Gasteiger partial charge is 0.383 e. The summed E-state index contributed by atoms with van der Waals surface area (Å²) in [4.78, 5) is 17.2. The Labute approximate surface area is 146 Å². The number of ether oxygens (including phenoxy) is 1. The Kier molecular flexibility index (Phi) is 6.36. The van der Waals surface area contributed by atoms with Crippen molar-refractivity contribution in [3.63, 3.8) is 0 Å². The van der Waals surface area contributed by atoms with Gasteiger partial charge in [0.05, 0.1) is 6.61 Å². The van der Waals surface area contributed by atoms with Crippen LogP contribution < -0.4 is 10.6 Å². The third-order valence-corrected chi connectivity index (χ3v) is 6.01. The summed E-state index contributed by atoms with van der Waals surface area (Å²) in [5.74, 6) is 0. The third-order valence-electron chi connectivity index (χ3n) is 6.01. The van der Waals surface area contributed by atoms with Crippen LogP contribution in [0.1, 0.15) is 44.9 Å². The predicted octanol–water partition coefficient (Wildman–Crippen LogP) is 1.41. The number of carbonyl (C=O) groups is 1. The van der Waals surface area contributed by atoms with Gasteiger partial charge in [-0.2, -0.15) is 0 Å². The number of hydrogen-bond donors (Lipinski definition) is 2. The van der Waals surface area contributed by atoms with Gasteiger partial charge in [-0.3, -0.25) is 4.90 Å². The second-order valence-electron chi connectivity index (χ2n) is 7.73. The highest BCUT2D eigenvalue weighted by atomic mass is 16.5. The van der Waals surface area contributed by atoms with Crippen LogP contribution in [0.25, 0.3) is 0 Å². The second-order valence-corrected chi connectivity index (χ2v) is 7.73. The molecule has 3 fully saturated rings. The fourth-order valence-electron chi connectivity index (χ4n) is 4.41. The smallest absolute Gasteiger partial charge is 0.315 e. The van der Waals surface area contributed by atoms with Crippen LogP contribution >= 0.6 is 0 Å². The molecule has 24 heavy (non-hydrogen) atoms. The van der Waals surface area contributed by atoms with E-state index >= 15 is 0 Å². The van der Waals surface area contributed by atoms with Crippen LogP contribution in [-0.2, 0) is 4.74 Å². The van der Waals surface area contributed by atoms with E-state index < -0.39 is 0 Å². The number of hydrogen-bond acceptors (Lipinski definition) is 4. The molecule has 138 valence electrons. The standard InChI is InChI=1S/C18H34N4O2/c1-21-16-4-3-5-17(21)13-14(12-16)20-18(23)19-8-9-22(10-11-24-2)15-6-7-15/h14-17H,3-13H2,1-2H3,(H2,19,20,23). The number of fused-ring (bicyclic) bond motifs is 2. The van der Waals surface area contributed by atoms with Crippen molar-refractivity contribution in [1.82, 2.24) is 20.4 Å². The maximum absolute atomic E-state index is 12.2. The number of nitrogens with zero attached hydrogens (tertiary/aromatic N) is 2. The van der Waals surface area contributed by atoms with E-state index in [2.05, 4.69) is 27.5 Å². The molecule has 0 spiro atoms. The van der Waals surface area contributed by atoms with Crippen LogP contribution in [0.2, 0.25) is 0 Å². The molecule has 2 saturated heterocycles. The van der Waals surface area contributed by atoms with Crippen molar-refractivity contribution in [2.75, 3.05) is 40.4 Å². The van der Waals surface area contributed by atoms with Gasteiger partial charge in [0.2, 0.25) is 0 Å². The number of carbonyl (C=O) groups excluding carboxylic acids is 1. The molecular weight excluding hydrogens is 304 g/mol. The van der Waals surface area contributed by atoms with Crippen molar-refractivity contribution >= 4 is 6.03 Å². The van der Waals surface area contributed by atoms with Crippen molar-refractivity contribution < 1.29 is 9.53 Å². The topological polar surface area (TPSA) is 56.8 Å². The van der Waals surface area contributed by atoms with Crippen molar-refractivity contribution in [3.8, 4) is 0 Å². The van der Waals surface area contributed by atoms with Crippen LogP contribution in [0.15, 0.2) is 0 Å². The first kappa shape index (κ1) is 18.0. The molecule has 2 N–H and O–H groups in total. The quantitative estimate of drug-likeness (QED) is 0.703. The first-order chi connectivity index (χ1) is 11.7. The van der Waals surface area contributed by atoms with E-state index in [4.69, 9.17) is 4.74 Å². The SMILES string of the molecule is COCCN(CCNC(=O)NC1CC2CCCC(C1)N2C)C1CC1. The summed E-state index contributed by atoms with van der Waals surface area (Å²) in [6.07, 6.45) is 8.68. The molecule has 0 aromatic heterocycles. The van der Waals surface area contributed by atoms with E-state index in [0.29, 0.717) is 30.7 Å². The summed E-state index contributed by atoms with van der Waals surface area (Å²) in [7, 11) is 3.99. The molecule has 6 heteroatoms. The van der Waals surface area contributed by atoms with E-state index in [9.17, 15) is 4.79 Å². The maximum atomic E-state index is 12.2. The first-order valence-corrected chi connectivity index (χ1v) is 9.66. The third kappa shape index (κ3) is 4.83. The molecule has 0 aromatic carbocycles. The van der Waals surface area contributed by atoms with Crippen LogP contribution in [0.4, 0.5) is 4.79 Å². The van der Waals surface area contributed by atoms with E-state index in [-0.39, 0.29) is 6.03 Å². The van der Waals surface area contributed by atoms with Crippen LogP contribution in [0.3, 0.4) is 0 Å². The molecule has 2 atom stereocenters. The molecule has 0 radical (unpaired) electrons. The molecule has 2 bridgehead atoms. The highest BCUT2D eigenvalue weighted by Gasteiger charge is 2.36. The van der Waals surface area contributed by atoms with E-state index in [1.165, 1.54) is 32.1 Å². The molecule has 1 aliphatic carbocycles. The summed E-state index contributed by atoms with van der Waals surface area (Å²) < 4.78 is 5.18. The molecule has 2 amide bonds. The zero-order valence-electron chi connectivity index (χ0n) is 15.3. The van der Waals surface area contributed by atoms with Crippen molar-refractivity contribution in [2.24, 2.45) is 0 Å². The Morgan fingerprint density at radius 3 is 2.50 bits per heavy atom. The second kappa shape index (κ2) is 8.50. The zero-order chi connectivity index (χ0) is 16.9. The van der Waals surface area contributed by atoms with Gasteiger partial charge in [0.25, 0.3) is 0 Å². The lowest BCUT2D eigenvalue weighted by atomic mass is 9.82. The van der Waals surface area contributed by atoms with Crippen molar-refractivity contribution in [2.45, 2.75) is 69.1 Å². The number of methoxy groups -OCH3 is 1. The fourth-order valence-corrected chi connectivity index (χ4v) is 4.41. The maximum Gasteiger partial charge on any atom is 0.315 e. The average molecular weight is 338 g/mol. The molecule has 2 heterocycles. The lowest BCUT2D eigenvalue weighted by Crippen LogP contribution is -2.56. The summed E-state index contributed by atoms with van der Waals surface area (Å²) in [6.45, 7) is 3.36. The highest BCUT2D eigenvalue weighted by Crippen LogP contribution is 2.32. The molecule has 1 saturated carbocycles. The zero-order valence-corrected chi connectivity index (χ0v) is 15.3. The summed E-state index contributed by atoms with van der Waals surface area (Å²) in [5, 5.41) is 6.26. The molecule has 2 aliphatic heterocycles. The van der Waals surface area contributed by atoms with Crippen LogP contribution in [0, 0.1) is 0 Å². The number of rotatable bonds is 8. The normalized spacial score (nSPS) is 30.4. The minimum atomic E-state index is 0.00474. The first-order valence-electron chi connectivity index (χ1n) is 9.66. The van der Waals surface area contributed by atoms with Crippen molar-refractivity contribution in [3.05, 3.63) is 0 Å². The monoisotopic (exact) mass is 338 g/mol. The van der Waals surface area contributed by atoms with Gasteiger partial charge in [-0.05, 0) is 45.6 Å². The molecule has 3 aliphatic rings. The van der Waals surface area contributed by atoms with E-state index in [1.807, 2.05) is 0 Å². The average Bonchev–Trinajstić information content (AvgIpc) is 3.36. The minimum Gasteiger partial charge on any atom is -0.383 e. The Hall–Kier alpha value is -0.850. The highest BCUT2D eigenvalue weighted by molar-refractivity contribution is 5.74. The van der Waals surface area contributed by atoms with Gasteiger partial charge in [0, 0.05) is 50.9 Å². The van der Waals surface area contributed by atoms with Crippen LogP contribution in [0.5, 0.6) is 0 Å². The Bertz CT molecular complexity index is 402. The number of piperidine rings is 2. The fraction of sp³-hybridized carbons (Fsp3) is 0.944. The molecule has 0 aromatic rings. The Balaban J connectivity index is 1.35. The van der Waals surface area contributed by atoms with Crippen molar-refractivity contribution in [1.29, 1.82) is 0 Å². The van der Waals surface area contributed by atoms with Gasteiger partial charge in [0.1, 0.15) is 0 Å². The minimum absolute atomic E-state index is 0.00474. The number of urea groups is 1. The van der Waals surface area contributed by atoms with Gasteiger partial charge in [-0.15, -0.1) is 0 Å².